The molecule has 2 heterocycles. The van der Waals surface area contributed by atoms with Crippen LogP contribution in [0.25, 0.3) is 10.9 Å². The molecular formula is C30H43N3O5. The van der Waals surface area contributed by atoms with E-state index in [2.05, 4.69) is 18.8 Å². The van der Waals surface area contributed by atoms with Crippen LogP contribution in [0.2, 0.25) is 0 Å². The summed E-state index contributed by atoms with van der Waals surface area (Å²) in [6.45, 7) is 10.4. The summed E-state index contributed by atoms with van der Waals surface area (Å²) >= 11 is 0. The van der Waals surface area contributed by atoms with Gasteiger partial charge < -0.3 is 24.6 Å². The van der Waals surface area contributed by atoms with Gasteiger partial charge in [-0.3, -0.25) is 4.79 Å². The number of rotatable bonds is 6. The zero-order valence-corrected chi connectivity index (χ0v) is 23.6. The van der Waals surface area contributed by atoms with Crippen LogP contribution in [0.3, 0.4) is 0 Å². The molecule has 2 aromatic rings. The average Bonchev–Trinajstić information content (AvgIpc) is 3.21. The predicted octanol–water partition coefficient (Wildman–Crippen LogP) is 5.77. The molecule has 2 N–H and O–H groups in total. The van der Waals surface area contributed by atoms with E-state index in [0.717, 1.165) is 35.0 Å². The van der Waals surface area contributed by atoms with Gasteiger partial charge in [0, 0.05) is 42.5 Å². The minimum atomic E-state index is -0.948. The highest BCUT2D eigenvalue weighted by Gasteiger charge is 2.45. The quantitative estimate of drug-likeness (QED) is 0.499. The third kappa shape index (κ3) is 6.00. The van der Waals surface area contributed by atoms with E-state index in [1.807, 2.05) is 45.0 Å². The van der Waals surface area contributed by atoms with Crippen LogP contribution in [-0.4, -0.2) is 63.1 Å². The minimum absolute atomic E-state index is 0.0497. The number of fused-ring (bicyclic) bond motifs is 3. The molecule has 1 aliphatic heterocycles. The first-order valence-electron chi connectivity index (χ1n) is 13.9. The van der Waals surface area contributed by atoms with Gasteiger partial charge in [-0.15, -0.1) is 0 Å². The zero-order chi connectivity index (χ0) is 27.8. The highest BCUT2D eigenvalue weighted by atomic mass is 16.6. The molecule has 2 unspecified atom stereocenters. The third-order valence-electron chi connectivity index (χ3n) is 7.92. The first kappa shape index (κ1) is 28.0. The number of carboxylic acid groups (broad SMARTS) is 1. The lowest BCUT2D eigenvalue weighted by atomic mass is 9.79. The number of carboxylic acids is 1. The summed E-state index contributed by atoms with van der Waals surface area (Å²) in [5, 5.41) is 11.3. The van der Waals surface area contributed by atoms with Gasteiger partial charge >= 0.3 is 12.1 Å². The van der Waals surface area contributed by atoms with Gasteiger partial charge in [-0.05, 0) is 76.3 Å². The van der Waals surface area contributed by atoms with Crippen LogP contribution in [-0.2, 0) is 20.7 Å². The Kier molecular flexibility index (Phi) is 8.09. The van der Waals surface area contributed by atoms with Crippen LogP contribution < -0.4 is 0 Å². The van der Waals surface area contributed by atoms with Crippen molar-refractivity contribution in [2.45, 2.75) is 90.8 Å². The van der Waals surface area contributed by atoms with E-state index < -0.39 is 17.6 Å². The first-order valence-corrected chi connectivity index (χ1v) is 13.9. The maximum atomic E-state index is 14.0. The fraction of sp³-hybridized carbons (Fsp3) is 0.633. The van der Waals surface area contributed by atoms with Gasteiger partial charge in [0.1, 0.15) is 11.6 Å². The van der Waals surface area contributed by atoms with Crippen molar-refractivity contribution in [1.82, 2.24) is 14.8 Å². The molecule has 1 aliphatic carbocycles. The number of ether oxygens (including phenoxy) is 1. The number of hydrogen-bond donors (Lipinski definition) is 2. The second-order valence-corrected chi connectivity index (χ2v) is 12.6. The molecule has 1 aromatic carbocycles. The molecular weight excluding hydrogens is 482 g/mol. The van der Waals surface area contributed by atoms with Crippen LogP contribution in [0.15, 0.2) is 24.3 Å². The molecule has 0 spiro atoms. The van der Waals surface area contributed by atoms with Gasteiger partial charge in [0.25, 0.3) is 0 Å². The van der Waals surface area contributed by atoms with Crippen molar-refractivity contribution in [2.24, 2.45) is 17.8 Å². The van der Waals surface area contributed by atoms with E-state index in [1.54, 1.807) is 16.8 Å². The number of para-hydroxylation sites is 1. The number of hydrogen-bond acceptors (Lipinski definition) is 4. The lowest BCUT2D eigenvalue weighted by Crippen LogP contribution is -2.53. The van der Waals surface area contributed by atoms with Crippen molar-refractivity contribution in [3.05, 3.63) is 35.5 Å². The summed E-state index contributed by atoms with van der Waals surface area (Å²) in [7, 11) is 1.75. The topological polar surface area (TPSA) is 103 Å². The lowest BCUT2D eigenvalue weighted by molar-refractivity contribution is -0.156. The second kappa shape index (κ2) is 11.0. The van der Waals surface area contributed by atoms with E-state index in [0.29, 0.717) is 44.1 Å². The van der Waals surface area contributed by atoms with Gasteiger partial charge in [0.2, 0.25) is 5.91 Å². The Bertz CT molecular complexity index is 1170. The SMILES string of the molecule is CC(C)CC1c2[nH]c3ccccc3c2CC(C(=O)O)N1C(=O)[C@H]1CC[C@H](CN(C)C(=O)OC(C)(C)C)CC1. The Morgan fingerprint density at radius 2 is 1.79 bits per heavy atom. The fourth-order valence-electron chi connectivity index (χ4n) is 6.17. The standard InChI is InChI=1S/C30H43N3O5/c1-18(2)15-24-26-22(21-9-7-8-10-23(21)31-26)16-25(28(35)36)33(24)27(34)20-13-11-19(12-14-20)17-32(6)29(37)38-30(3,4)5/h7-10,18-20,24-25,31H,11-17H2,1-6H3,(H,35,36)/t19-,20-,24?,25?. The van der Waals surface area contributed by atoms with E-state index in [9.17, 15) is 19.5 Å². The summed E-state index contributed by atoms with van der Waals surface area (Å²) in [5.41, 5.74) is 2.45. The number of aromatic nitrogens is 1. The van der Waals surface area contributed by atoms with Crippen molar-refractivity contribution in [3.8, 4) is 0 Å². The summed E-state index contributed by atoms with van der Waals surface area (Å²) < 4.78 is 5.48. The summed E-state index contributed by atoms with van der Waals surface area (Å²) in [6.07, 6.45) is 3.71. The van der Waals surface area contributed by atoms with Gasteiger partial charge in [0.05, 0.1) is 6.04 Å². The molecule has 1 fully saturated rings. The summed E-state index contributed by atoms with van der Waals surface area (Å²) in [4.78, 5) is 45.8. The highest BCUT2D eigenvalue weighted by molar-refractivity contribution is 5.90. The largest absolute Gasteiger partial charge is 0.480 e. The molecule has 8 heteroatoms. The molecule has 0 saturated heterocycles. The molecule has 208 valence electrons. The van der Waals surface area contributed by atoms with Gasteiger partial charge in [0.15, 0.2) is 0 Å². The Balaban J connectivity index is 1.51. The molecule has 8 nitrogen and oxygen atoms in total. The van der Waals surface area contributed by atoms with E-state index >= 15 is 0 Å². The lowest BCUT2D eigenvalue weighted by Gasteiger charge is -2.43. The maximum Gasteiger partial charge on any atom is 0.410 e. The highest BCUT2D eigenvalue weighted by Crippen LogP contribution is 2.42. The monoisotopic (exact) mass is 525 g/mol. The smallest absolute Gasteiger partial charge is 0.410 e. The number of amides is 2. The predicted molar refractivity (Wildman–Crippen MR) is 147 cm³/mol. The van der Waals surface area contributed by atoms with Crippen LogP contribution in [0.4, 0.5) is 4.79 Å². The summed E-state index contributed by atoms with van der Waals surface area (Å²) in [5.74, 6) is -0.622. The summed E-state index contributed by atoms with van der Waals surface area (Å²) in [6, 6.07) is 6.81. The van der Waals surface area contributed by atoms with Crippen molar-refractivity contribution >= 4 is 28.9 Å². The van der Waals surface area contributed by atoms with E-state index in [1.165, 1.54) is 0 Å². The van der Waals surface area contributed by atoms with Crippen LogP contribution in [0.1, 0.15) is 84.0 Å². The molecule has 0 radical (unpaired) electrons. The zero-order valence-electron chi connectivity index (χ0n) is 23.6. The molecule has 0 bridgehead atoms. The van der Waals surface area contributed by atoms with E-state index in [4.69, 9.17) is 4.74 Å². The molecule has 2 amide bonds. The van der Waals surface area contributed by atoms with Crippen LogP contribution in [0, 0.1) is 17.8 Å². The molecule has 2 aliphatic rings. The molecule has 1 saturated carbocycles. The van der Waals surface area contributed by atoms with Gasteiger partial charge in [-0.2, -0.15) is 0 Å². The number of carbonyl (C=O) groups is 3. The molecule has 38 heavy (non-hydrogen) atoms. The number of benzene rings is 1. The number of aromatic amines is 1. The molecule has 4 rings (SSSR count). The van der Waals surface area contributed by atoms with Gasteiger partial charge in [-0.1, -0.05) is 32.0 Å². The fourth-order valence-corrected chi connectivity index (χ4v) is 6.17. The Labute approximate surface area is 225 Å². The average molecular weight is 526 g/mol. The van der Waals surface area contributed by atoms with Crippen LogP contribution >= 0.6 is 0 Å². The normalized spacial score (nSPS) is 23.8. The minimum Gasteiger partial charge on any atom is -0.480 e. The van der Waals surface area contributed by atoms with Crippen molar-refractivity contribution in [2.75, 3.05) is 13.6 Å². The van der Waals surface area contributed by atoms with E-state index in [-0.39, 0.29) is 24.0 Å². The van der Waals surface area contributed by atoms with Crippen LogP contribution in [0.5, 0.6) is 0 Å². The molecule has 1 aromatic heterocycles. The molecule has 2 atom stereocenters. The first-order chi connectivity index (χ1) is 17.9. The Morgan fingerprint density at radius 1 is 1.13 bits per heavy atom. The number of H-pyrrole nitrogens is 1. The Morgan fingerprint density at radius 3 is 2.39 bits per heavy atom. The Hall–Kier alpha value is -3.03. The van der Waals surface area contributed by atoms with Crippen molar-refractivity contribution in [1.29, 1.82) is 0 Å². The van der Waals surface area contributed by atoms with Gasteiger partial charge in [-0.25, -0.2) is 9.59 Å². The maximum absolute atomic E-state index is 14.0. The number of nitrogens with one attached hydrogen (secondary N) is 1. The van der Waals surface area contributed by atoms with Crippen molar-refractivity contribution < 1.29 is 24.2 Å². The number of aliphatic carboxylic acids is 1. The number of carbonyl (C=O) groups excluding carboxylic acids is 2. The second-order valence-electron chi connectivity index (χ2n) is 12.6. The number of nitrogens with zero attached hydrogens (tertiary/aromatic N) is 2. The van der Waals surface area contributed by atoms with Crippen molar-refractivity contribution in [3.63, 3.8) is 0 Å². The third-order valence-corrected chi connectivity index (χ3v) is 7.92.